The summed E-state index contributed by atoms with van der Waals surface area (Å²) < 4.78 is 2.89. The Hall–Kier alpha value is -2.11. The van der Waals surface area contributed by atoms with Gasteiger partial charge in [0.05, 0.1) is 0 Å². The largest absolute Gasteiger partial charge is 0.349 e. The van der Waals surface area contributed by atoms with Crippen LogP contribution in [0.2, 0.25) is 0 Å². The van der Waals surface area contributed by atoms with Crippen LogP contribution in [-0.2, 0) is 7.05 Å². The Morgan fingerprint density at radius 2 is 2.06 bits per heavy atom. The molecule has 0 saturated carbocycles. The lowest BCUT2D eigenvalue weighted by Gasteiger charge is -2.08. The van der Waals surface area contributed by atoms with Crippen molar-refractivity contribution < 1.29 is 4.79 Å². The third kappa shape index (κ3) is 2.01. The van der Waals surface area contributed by atoms with Crippen LogP contribution in [-0.4, -0.2) is 26.1 Å². The fourth-order valence-corrected chi connectivity index (χ4v) is 1.88. The first-order valence-electron chi connectivity index (χ1n) is 5.77. The molecule has 2 aromatic rings. The minimum absolute atomic E-state index is 0.0435. The van der Waals surface area contributed by atoms with Crippen molar-refractivity contribution in [2.45, 2.75) is 26.8 Å². The Morgan fingerprint density at radius 3 is 2.67 bits per heavy atom. The number of hydrogen-bond donors (Lipinski definition) is 1. The van der Waals surface area contributed by atoms with Crippen molar-refractivity contribution in [3.05, 3.63) is 33.9 Å². The van der Waals surface area contributed by atoms with Crippen LogP contribution < -0.4 is 10.9 Å². The Morgan fingerprint density at radius 1 is 1.39 bits per heavy atom. The van der Waals surface area contributed by atoms with Gasteiger partial charge in [0.25, 0.3) is 11.5 Å². The molecule has 18 heavy (non-hydrogen) atoms. The second-order valence-corrected chi connectivity index (χ2v) is 4.59. The normalized spacial score (nSPS) is 11.2. The molecule has 1 amide bonds. The van der Waals surface area contributed by atoms with E-state index in [2.05, 4.69) is 10.3 Å². The zero-order valence-corrected chi connectivity index (χ0v) is 10.9. The van der Waals surface area contributed by atoms with E-state index in [1.54, 1.807) is 20.0 Å². The molecule has 0 saturated heterocycles. The van der Waals surface area contributed by atoms with Crippen LogP contribution in [0.4, 0.5) is 0 Å². The molecule has 2 rings (SSSR count). The first-order chi connectivity index (χ1) is 8.40. The Labute approximate surface area is 104 Å². The van der Waals surface area contributed by atoms with Gasteiger partial charge in [0.1, 0.15) is 5.69 Å². The number of nitrogens with zero attached hydrogens (tertiary/aromatic N) is 3. The SMILES string of the molecule is Cc1cc(=O)n2c(cc(C(=O)NC(C)C)n2C)n1. The highest BCUT2D eigenvalue weighted by atomic mass is 16.2. The smallest absolute Gasteiger partial charge is 0.273 e. The quantitative estimate of drug-likeness (QED) is 0.840. The molecular weight excluding hydrogens is 232 g/mol. The van der Waals surface area contributed by atoms with Crippen molar-refractivity contribution in [3.8, 4) is 0 Å². The molecule has 0 unspecified atom stereocenters. The number of aromatic nitrogens is 3. The maximum atomic E-state index is 12.0. The summed E-state index contributed by atoms with van der Waals surface area (Å²) in [6.07, 6.45) is 0. The van der Waals surface area contributed by atoms with Gasteiger partial charge < -0.3 is 5.32 Å². The molecule has 0 aliphatic rings. The predicted molar refractivity (Wildman–Crippen MR) is 67.8 cm³/mol. The topological polar surface area (TPSA) is 68.4 Å². The molecule has 6 nitrogen and oxygen atoms in total. The summed E-state index contributed by atoms with van der Waals surface area (Å²) in [6.45, 7) is 5.52. The number of aryl methyl sites for hydroxylation is 2. The third-order valence-corrected chi connectivity index (χ3v) is 2.62. The van der Waals surface area contributed by atoms with Gasteiger partial charge >= 0.3 is 0 Å². The van der Waals surface area contributed by atoms with Crippen molar-refractivity contribution >= 4 is 11.6 Å². The summed E-state index contributed by atoms with van der Waals surface area (Å²) in [6, 6.07) is 3.10. The number of carbonyl (C=O) groups excluding carboxylic acids is 1. The highest BCUT2D eigenvalue weighted by Gasteiger charge is 2.15. The Kier molecular flexibility index (Phi) is 2.94. The average Bonchev–Trinajstić information content (AvgIpc) is 2.54. The van der Waals surface area contributed by atoms with Gasteiger partial charge in [0.2, 0.25) is 0 Å². The van der Waals surface area contributed by atoms with Crippen LogP contribution in [0.5, 0.6) is 0 Å². The van der Waals surface area contributed by atoms with E-state index >= 15 is 0 Å². The number of carbonyl (C=O) groups is 1. The van der Waals surface area contributed by atoms with E-state index in [0.29, 0.717) is 17.0 Å². The summed E-state index contributed by atoms with van der Waals surface area (Å²) in [5.41, 5.74) is 1.35. The fraction of sp³-hybridized carbons (Fsp3) is 0.417. The molecule has 0 atom stereocenters. The van der Waals surface area contributed by atoms with E-state index in [9.17, 15) is 9.59 Å². The molecule has 0 radical (unpaired) electrons. The lowest BCUT2D eigenvalue weighted by atomic mass is 10.3. The molecule has 0 aliphatic carbocycles. The molecule has 2 aromatic heterocycles. The van der Waals surface area contributed by atoms with E-state index < -0.39 is 0 Å². The summed E-state index contributed by atoms with van der Waals surface area (Å²) in [5.74, 6) is -0.213. The molecule has 1 N–H and O–H groups in total. The van der Waals surface area contributed by atoms with Gasteiger partial charge in [-0.15, -0.1) is 0 Å². The second-order valence-electron chi connectivity index (χ2n) is 4.59. The van der Waals surface area contributed by atoms with Crippen molar-refractivity contribution in [2.24, 2.45) is 7.05 Å². The molecule has 0 fully saturated rings. The minimum Gasteiger partial charge on any atom is -0.349 e. The van der Waals surface area contributed by atoms with Crippen molar-refractivity contribution in [1.29, 1.82) is 0 Å². The van der Waals surface area contributed by atoms with E-state index in [1.807, 2.05) is 13.8 Å². The maximum Gasteiger partial charge on any atom is 0.273 e. The number of hydrogen-bond acceptors (Lipinski definition) is 3. The first-order valence-corrected chi connectivity index (χ1v) is 5.77. The lowest BCUT2D eigenvalue weighted by Crippen LogP contribution is -2.32. The van der Waals surface area contributed by atoms with Crippen LogP contribution in [0, 0.1) is 6.92 Å². The Balaban J connectivity index is 2.61. The lowest BCUT2D eigenvalue weighted by molar-refractivity contribution is 0.0933. The van der Waals surface area contributed by atoms with Gasteiger partial charge in [-0.2, -0.15) is 4.52 Å². The van der Waals surface area contributed by atoms with Crippen LogP contribution in [0.1, 0.15) is 30.0 Å². The first kappa shape index (κ1) is 12.3. The van der Waals surface area contributed by atoms with E-state index in [-0.39, 0.29) is 17.5 Å². The van der Waals surface area contributed by atoms with Crippen LogP contribution >= 0.6 is 0 Å². The fourth-order valence-electron chi connectivity index (χ4n) is 1.88. The number of amides is 1. The van der Waals surface area contributed by atoms with Crippen LogP contribution in [0.3, 0.4) is 0 Å². The Bertz CT molecular complexity index is 667. The van der Waals surface area contributed by atoms with Gasteiger partial charge in [0.15, 0.2) is 5.65 Å². The highest BCUT2D eigenvalue weighted by molar-refractivity contribution is 5.93. The molecule has 6 heteroatoms. The monoisotopic (exact) mass is 248 g/mol. The summed E-state index contributed by atoms with van der Waals surface area (Å²) in [4.78, 5) is 28.1. The minimum atomic E-state index is -0.213. The number of rotatable bonds is 2. The molecule has 0 bridgehead atoms. The van der Waals surface area contributed by atoms with Gasteiger partial charge in [-0.25, -0.2) is 4.98 Å². The summed E-state index contributed by atoms with van der Waals surface area (Å²) >= 11 is 0. The molecule has 0 spiro atoms. The second kappa shape index (κ2) is 4.29. The molecule has 96 valence electrons. The van der Waals surface area contributed by atoms with Gasteiger partial charge in [-0.05, 0) is 20.8 Å². The van der Waals surface area contributed by atoms with Gasteiger partial charge in [0, 0.05) is 30.9 Å². The van der Waals surface area contributed by atoms with Crippen LogP contribution in [0.15, 0.2) is 16.9 Å². The van der Waals surface area contributed by atoms with E-state index in [4.69, 9.17) is 0 Å². The van der Waals surface area contributed by atoms with Crippen molar-refractivity contribution in [2.75, 3.05) is 0 Å². The van der Waals surface area contributed by atoms with Gasteiger partial charge in [-0.3, -0.25) is 14.3 Å². The maximum absolute atomic E-state index is 12.0. The predicted octanol–water partition coefficient (Wildman–Crippen LogP) is 0.480. The zero-order valence-electron chi connectivity index (χ0n) is 10.9. The van der Waals surface area contributed by atoms with Crippen LogP contribution in [0.25, 0.3) is 5.65 Å². The van der Waals surface area contributed by atoms with Gasteiger partial charge in [-0.1, -0.05) is 0 Å². The molecule has 2 heterocycles. The van der Waals surface area contributed by atoms with E-state index in [1.165, 1.54) is 15.3 Å². The van der Waals surface area contributed by atoms with Crippen molar-refractivity contribution in [3.63, 3.8) is 0 Å². The number of fused-ring (bicyclic) bond motifs is 1. The molecule has 0 aromatic carbocycles. The van der Waals surface area contributed by atoms with Crippen molar-refractivity contribution in [1.82, 2.24) is 19.5 Å². The summed E-state index contributed by atoms with van der Waals surface area (Å²) in [7, 11) is 1.67. The standard InChI is InChI=1S/C12H16N4O2/c1-7(2)13-12(18)9-6-10-14-8(3)5-11(17)16(10)15(9)4/h5-7H,1-4H3,(H,13,18). The zero-order chi connectivity index (χ0) is 13.4. The third-order valence-electron chi connectivity index (χ3n) is 2.62. The number of nitrogens with one attached hydrogen (secondary N) is 1. The highest BCUT2D eigenvalue weighted by Crippen LogP contribution is 2.06. The van der Waals surface area contributed by atoms with E-state index in [0.717, 1.165) is 0 Å². The average molecular weight is 248 g/mol. The summed E-state index contributed by atoms with van der Waals surface area (Å²) in [5, 5.41) is 2.79. The molecule has 0 aliphatic heterocycles. The molecular formula is C12H16N4O2.